The lowest BCUT2D eigenvalue weighted by Crippen LogP contribution is -2.23. The molecule has 4 nitrogen and oxygen atoms in total. The molecule has 132 valence electrons. The van der Waals surface area contributed by atoms with Crippen LogP contribution in [0, 0.1) is 12.7 Å². The fourth-order valence-corrected chi connectivity index (χ4v) is 2.64. The maximum atomic E-state index is 13.2. The van der Waals surface area contributed by atoms with Gasteiger partial charge in [0, 0.05) is 18.4 Å². The number of aryl methyl sites for hydroxylation is 1. The molecule has 0 aliphatic heterocycles. The van der Waals surface area contributed by atoms with Crippen LogP contribution in [-0.2, 0) is 6.54 Å². The third-order valence-electron chi connectivity index (χ3n) is 3.91. The molecule has 1 amide bonds. The number of rotatable bonds is 5. The Hall–Kier alpha value is -2.92. The first-order valence-corrected chi connectivity index (χ1v) is 8.40. The lowest BCUT2D eigenvalue weighted by molar-refractivity contribution is 0.0950. The molecule has 0 aliphatic rings. The zero-order chi connectivity index (χ0) is 18.5. The fraction of sp³-hybridized carbons (Fsp3) is 0.100. The van der Waals surface area contributed by atoms with Crippen LogP contribution < -0.4 is 10.6 Å². The van der Waals surface area contributed by atoms with Crippen molar-refractivity contribution in [1.82, 2.24) is 10.3 Å². The number of pyridine rings is 1. The van der Waals surface area contributed by atoms with Crippen molar-refractivity contribution >= 4 is 28.9 Å². The predicted octanol–water partition coefficient (Wildman–Crippen LogP) is 4.86. The molecule has 0 saturated carbocycles. The number of carbonyl (C=O) groups is 1. The van der Waals surface area contributed by atoms with Crippen molar-refractivity contribution in [3.8, 4) is 0 Å². The quantitative estimate of drug-likeness (QED) is 0.675. The first kappa shape index (κ1) is 17.9. The Bertz CT molecular complexity index is 946. The van der Waals surface area contributed by atoms with Crippen molar-refractivity contribution in [2.24, 2.45) is 0 Å². The SMILES string of the molecule is Cc1ccccc1CNC(=O)c1cncc(Nc2ccc(F)c(Cl)c2)c1. The van der Waals surface area contributed by atoms with E-state index in [1.165, 1.54) is 18.3 Å². The highest BCUT2D eigenvalue weighted by Gasteiger charge is 2.08. The summed E-state index contributed by atoms with van der Waals surface area (Å²) in [6.07, 6.45) is 3.07. The first-order valence-electron chi connectivity index (χ1n) is 8.03. The first-order chi connectivity index (χ1) is 12.5. The zero-order valence-corrected chi connectivity index (χ0v) is 14.8. The van der Waals surface area contributed by atoms with Crippen LogP contribution in [0.25, 0.3) is 0 Å². The Balaban J connectivity index is 1.69. The van der Waals surface area contributed by atoms with Crippen LogP contribution in [0.3, 0.4) is 0 Å². The number of amides is 1. The minimum Gasteiger partial charge on any atom is -0.354 e. The van der Waals surface area contributed by atoms with Gasteiger partial charge in [-0.1, -0.05) is 35.9 Å². The normalized spacial score (nSPS) is 10.4. The molecule has 0 bridgehead atoms. The molecule has 0 fully saturated rings. The number of nitrogens with zero attached hydrogens (tertiary/aromatic N) is 1. The number of hydrogen-bond acceptors (Lipinski definition) is 3. The second-order valence-corrected chi connectivity index (χ2v) is 6.23. The summed E-state index contributed by atoms with van der Waals surface area (Å²) in [6.45, 7) is 2.44. The highest BCUT2D eigenvalue weighted by Crippen LogP contribution is 2.22. The lowest BCUT2D eigenvalue weighted by Gasteiger charge is -2.10. The van der Waals surface area contributed by atoms with Crippen LogP contribution in [0.5, 0.6) is 0 Å². The van der Waals surface area contributed by atoms with Gasteiger partial charge in [-0.15, -0.1) is 0 Å². The maximum Gasteiger partial charge on any atom is 0.253 e. The second kappa shape index (κ2) is 7.97. The van der Waals surface area contributed by atoms with Crippen molar-refractivity contribution in [3.63, 3.8) is 0 Å². The number of benzene rings is 2. The molecule has 3 rings (SSSR count). The molecule has 0 radical (unpaired) electrons. The summed E-state index contributed by atoms with van der Waals surface area (Å²) in [5.74, 6) is -0.707. The number of halogens is 2. The van der Waals surface area contributed by atoms with E-state index in [9.17, 15) is 9.18 Å². The third-order valence-corrected chi connectivity index (χ3v) is 4.20. The Labute approximate surface area is 156 Å². The van der Waals surface area contributed by atoms with Crippen LogP contribution >= 0.6 is 11.6 Å². The molecule has 26 heavy (non-hydrogen) atoms. The van der Waals surface area contributed by atoms with Gasteiger partial charge >= 0.3 is 0 Å². The highest BCUT2D eigenvalue weighted by molar-refractivity contribution is 6.31. The summed E-state index contributed by atoms with van der Waals surface area (Å²) in [5.41, 5.74) is 3.82. The lowest BCUT2D eigenvalue weighted by atomic mass is 10.1. The van der Waals surface area contributed by atoms with Gasteiger partial charge < -0.3 is 10.6 Å². The maximum absolute atomic E-state index is 13.2. The average Bonchev–Trinajstić information content (AvgIpc) is 2.64. The van der Waals surface area contributed by atoms with Crippen molar-refractivity contribution in [3.05, 3.63) is 88.5 Å². The molecule has 1 aromatic heterocycles. The van der Waals surface area contributed by atoms with E-state index in [1.54, 1.807) is 18.3 Å². The van der Waals surface area contributed by atoms with E-state index in [2.05, 4.69) is 15.6 Å². The largest absolute Gasteiger partial charge is 0.354 e. The minimum absolute atomic E-state index is 0.0232. The zero-order valence-electron chi connectivity index (χ0n) is 14.1. The van der Waals surface area contributed by atoms with Crippen LogP contribution in [0.4, 0.5) is 15.8 Å². The molecule has 0 saturated heterocycles. The van der Waals surface area contributed by atoms with E-state index >= 15 is 0 Å². The van der Waals surface area contributed by atoms with Crippen molar-refractivity contribution in [1.29, 1.82) is 0 Å². The summed E-state index contributed by atoms with van der Waals surface area (Å²) in [7, 11) is 0. The number of anilines is 2. The van der Waals surface area contributed by atoms with Crippen molar-refractivity contribution < 1.29 is 9.18 Å². The Morgan fingerprint density at radius 1 is 1.12 bits per heavy atom. The predicted molar refractivity (Wildman–Crippen MR) is 101 cm³/mol. The van der Waals surface area contributed by atoms with Crippen molar-refractivity contribution in [2.45, 2.75) is 13.5 Å². The number of hydrogen-bond donors (Lipinski definition) is 2. The van der Waals surface area contributed by atoms with Crippen LogP contribution in [-0.4, -0.2) is 10.9 Å². The summed E-state index contributed by atoms with van der Waals surface area (Å²) in [4.78, 5) is 16.5. The van der Waals surface area contributed by atoms with Gasteiger partial charge in [-0.05, 0) is 42.3 Å². The van der Waals surface area contributed by atoms with Gasteiger partial charge in [0.1, 0.15) is 5.82 Å². The topological polar surface area (TPSA) is 54.0 Å². The van der Waals surface area contributed by atoms with Gasteiger partial charge in [-0.2, -0.15) is 0 Å². The Kier molecular flexibility index (Phi) is 5.49. The molecule has 0 spiro atoms. The smallest absolute Gasteiger partial charge is 0.253 e. The monoisotopic (exact) mass is 369 g/mol. The van der Waals surface area contributed by atoms with Gasteiger partial charge in [-0.3, -0.25) is 9.78 Å². The van der Waals surface area contributed by atoms with E-state index in [4.69, 9.17) is 11.6 Å². The van der Waals surface area contributed by atoms with Gasteiger partial charge in [0.2, 0.25) is 0 Å². The van der Waals surface area contributed by atoms with Crippen LogP contribution in [0.1, 0.15) is 21.5 Å². The van der Waals surface area contributed by atoms with E-state index in [1.807, 2.05) is 31.2 Å². The number of carbonyl (C=O) groups excluding carboxylic acids is 1. The van der Waals surface area contributed by atoms with Crippen molar-refractivity contribution in [2.75, 3.05) is 5.32 Å². The van der Waals surface area contributed by atoms with E-state index in [-0.39, 0.29) is 10.9 Å². The van der Waals surface area contributed by atoms with Gasteiger partial charge in [0.15, 0.2) is 0 Å². The number of nitrogens with one attached hydrogen (secondary N) is 2. The van der Waals surface area contributed by atoms with Gasteiger partial charge in [0.05, 0.1) is 22.5 Å². The van der Waals surface area contributed by atoms with E-state index in [0.29, 0.717) is 23.5 Å². The second-order valence-electron chi connectivity index (χ2n) is 5.83. The third kappa shape index (κ3) is 4.37. The molecule has 2 N–H and O–H groups in total. The molecule has 3 aromatic rings. The molecular weight excluding hydrogens is 353 g/mol. The van der Waals surface area contributed by atoms with Gasteiger partial charge in [0.25, 0.3) is 5.91 Å². The molecule has 2 aromatic carbocycles. The molecule has 0 atom stereocenters. The molecule has 6 heteroatoms. The standard InChI is InChI=1S/C20H17ClFN3O/c1-13-4-2-3-5-14(13)11-24-20(26)15-8-17(12-23-10-15)25-16-6-7-19(22)18(21)9-16/h2-10,12,25H,11H2,1H3,(H,24,26). The average molecular weight is 370 g/mol. The minimum atomic E-state index is -0.486. The Morgan fingerprint density at radius 3 is 2.69 bits per heavy atom. The summed E-state index contributed by atoms with van der Waals surface area (Å²) >= 11 is 5.78. The summed E-state index contributed by atoms with van der Waals surface area (Å²) < 4.78 is 13.2. The van der Waals surface area contributed by atoms with Gasteiger partial charge in [-0.25, -0.2) is 4.39 Å². The molecule has 0 unspecified atom stereocenters. The molecule has 0 aliphatic carbocycles. The summed E-state index contributed by atoms with van der Waals surface area (Å²) in [5, 5.41) is 5.97. The summed E-state index contributed by atoms with van der Waals surface area (Å²) in [6, 6.07) is 13.9. The highest BCUT2D eigenvalue weighted by atomic mass is 35.5. The Morgan fingerprint density at radius 2 is 1.92 bits per heavy atom. The fourth-order valence-electron chi connectivity index (χ4n) is 2.46. The number of aromatic nitrogens is 1. The van der Waals surface area contributed by atoms with Crippen LogP contribution in [0.15, 0.2) is 60.9 Å². The van der Waals surface area contributed by atoms with E-state index in [0.717, 1.165) is 11.1 Å². The van der Waals surface area contributed by atoms with Crippen LogP contribution in [0.2, 0.25) is 5.02 Å². The molecular formula is C20H17ClFN3O. The van der Waals surface area contributed by atoms with E-state index < -0.39 is 5.82 Å². The molecule has 1 heterocycles.